The van der Waals surface area contributed by atoms with E-state index >= 15 is 0 Å². The fraction of sp³-hybridized carbons (Fsp3) is 0.318. The highest BCUT2D eigenvalue weighted by Gasteiger charge is 2.32. The highest BCUT2D eigenvalue weighted by atomic mass is 16.5. The van der Waals surface area contributed by atoms with Gasteiger partial charge in [-0.15, -0.1) is 0 Å². The number of para-hydroxylation sites is 2. The van der Waals surface area contributed by atoms with Crippen molar-refractivity contribution >= 4 is 29.0 Å². The molecule has 0 radical (unpaired) electrons. The molecule has 0 fully saturated rings. The van der Waals surface area contributed by atoms with Crippen molar-refractivity contribution in [2.45, 2.75) is 32.8 Å². The van der Waals surface area contributed by atoms with Gasteiger partial charge in [0, 0.05) is 30.8 Å². The molecule has 2 aliphatic rings. The number of anilines is 2. The molecule has 0 spiro atoms. The highest BCUT2D eigenvalue weighted by molar-refractivity contribution is 6.02. The maximum Gasteiger partial charge on any atom is 0.267 e. The first kappa shape index (κ1) is 18.2. The van der Waals surface area contributed by atoms with E-state index in [2.05, 4.69) is 0 Å². The van der Waals surface area contributed by atoms with Gasteiger partial charge in [0.25, 0.3) is 5.91 Å². The second kappa shape index (κ2) is 7.11. The molecule has 0 N–H and O–H groups in total. The van der Waals surface area contributed by atoms with Gasteiger partial charge < -0.3 is 14.5 Å². The molecule has 6 nitrogen and oxygen atoms in total. The van der Waals surface area contributed by atoms with Crippen molar-refractivity contribution < 1.29 is 19.1 Å². The average Bonchev–Trinajstić information content (AvgIpc) is 3.11. The van der Waals surface area contributed by atoms with Crippen LogP contribution in [0.2, 0.25) is 0 Å². The summed E-state index contributed by atoms with van der Waals surface area (Å²) in [5.41, 5.74) is 3.24. The Morgan fingerprint density at radius 1 is 1.14 bits per heavy atom. The van der Waals surface area contributed by atoms with E-state index in [1.807, 2.05) is 36.4 Å². The number of fused-ring (bicyclic) bond motifs is 2. The Morgan fingerprint density at radius 3 is 2.71 bits per heavy atom. The van der Waals surface area contributed by atoms with Gasteiger partial charge in [-0.3, -0.25) is 14.4 Å². The van der Waals surface area contributed by atoms with Gasteiger partial charge in [-0.25, -0.2) is 0 Å². The molecule has 2 amide bonds. The van der Waals surface area contributed by atoms with Crippen LogP contribution in [-0.2, 0) is 16.0 Å². The first-order chi connectivity index (χ1) is 13.5. The number of benzene rings is 2. The number of ketones is 1. The van der Waals surface area contributed by atoms with Crippen LogP contribution in [0.4, 0.5) is 11.4 Å². The third-order valence-electron chi connectivity index (χ3n) is 5.31. The smallest absolute Gasteiger partial charge is 0.267 e. The van der Waals surface area contributed by atoms with E-state index in [0.717, 1.165) is 17.7 Å². The van der Waals surface area contributed by atoms with Crippen LogP contribution in [-0.4, -0.2) is 36.8 Å². The molecule has 28 heavy (non-hydrogen) atoms. The molecular weight excluding hydrogens is 356 g/mol. The SMILES string of the molecule is CC(=O)c1ccc2c(c1)CCN2C(=O)CCN1C(=O)C(C)Oc2ccccc21. The van der Waals surface area contributed by atoms with Crippen LogP contribution >= 0.6 is 0 Å². The second-order valence-electron chi connectivity index (χ2n) is 7.16. The van der Waals surface area contributed by atoms with Crippen molar-refractivity contribution in [2.24, 2.45) is 0 Å². The molecule has 2 aliphatic heterocycles. The predicted molar refractivity (Wildman–Crippen MR) is 106 cm³/mol. The monoisotopic (exact) mass is 378 g/mol. The van der Waals surface area contributed by atoms with Crippen LogP contribution in [0.5, 0.6) is 5.75 Å². The summed E-state index contributed by atoms with van der Waals surface area (Å²) in [5, 5.41) is 0. The lowest BCUT2D eigenvalue weighted by Crippen LogP contribution is -2.46. The average molecular weight is 378 g/mol. The number of carbonyl (C=O) groups excluding carboxylic acids is 3. The van der Waals surface area contributed by atoms with Crippen LogP contribution in [0.15, 0.2) is 42.5 Å². The third-order valence-corrected chi connectivity index (χ3v) is 5.31. The number of ether oxygens (including phenoxy) is 1. The van der Waals surface area contributed by atoms with Gasteiger partial charge in [0.2, 0.25) is 5.91 Å². The predicted octanol–water partition coefficient (Wildman–Crippen LogP) is 2.98. The number of Topliss-reactive ketones (excluding diaryl/α,β-unsaturated/α-hetero) is 1. The van der Waals surface area contributed by atoms with E-state index in [-0.39, 0.29) is 24.0 Å². The van der Waals surface area contributed by atoms with Crippen LogP contribution in [0.25, 0.3) is 0 Å². The van der Waals surface area contributed by atoms with Crippen LogP contribution in [0.1, 0.15) is 36.2 Å². The lowest BCUT2D eigenvalue weighted by Gasteiger charge is -2.33. The largest absolute Gasteiger partial charge is 0.479 e. The minimum atomic E-state index is -0.567. The number of nitrogens with zero attached hydrogens (tertiary/aromatic N) is 2. The Balaban J connectivity index is 1.49. The van der Waals surface area contributed by atoms with Crippen LogP contribution < -0.4 is 14.5 Å². The standard InChI is InChI=1S/C22H22N2O4/c1-14(25)16-7-8-18-17(13-16)9-11-23(18)21(26)10-12-24-19-5-3-4-6-20(19)28-15(2)22(24)27/h3-8,13,15H,9-12H2,1-2H3. The normalized spacial score (nSPS) is 17.8. The van der Waals surface area contributed by atoms with Crippen molar-refractivity contribution in [1.29, 1.82) is 0 Å². The maximum atomic E-state index is 12.9. The van der Waals surface area contributed by atoms with Crippen LogP contribution in [0.3, 0.4) is 0 Å². The Labute approximate surface area is 163 Å². The van der Waals surface area contributed by atoms with E-state index in [1.54, 1.807) is 22.8 Å². The van der Waals surface area contributed by atoms with Gasteiger partial charge in [0.05, 0.1) is 5.69 Å². The molecule has 0 aliphatic carbocycles. The first-order valence-corrected chi connectivity index (χ1v) is 9.47. The van der Waals surface area contributed by atoms with Crippen molar-refractivity contribution in [3.05, 3.63) is 53.6 Å². The number of hydrogen-bond donors (Lipinski definition) is 0. The summed E-state index contributed by atoms with van der Waals surface area (Å²) in [6.45, 7) is 4.16. The van der Waals surface area contributed by atoms with E-state index in [4.69, 9.17) is 4.74 Å². The fourth-order valence-corrected chi connectivity index (χ4v) is 3.81. The molecule has 2 aromatic carbocycles. The highest BCUT2D eigenvalue weighted by Crippen LogP contribution is 2.34. The van der Waals surface area contributed by atoms with E-state index in [0.29, 0.717) is 30.1 Å². The molecule has 6 heteroatoms. The summed E-state index contributed by atoms with van der Waals surface area (Å²) in [7, 11) is 0. The summed E-state index contributed by atoms with van der Waals surface area (Å²) in [4.78, 5) is 40.4. The molecule has 2 heterocycles. The molecule has 0 aromatic heterocycles. The summed E-state index contributed by atoms with van der Waals surface area (Å²) >= 11 is 0. The number of carbonyl (C=O) groups is 3. The Bertz CT molecular complexity index is 969. The van der Waals surface area contributed by atoms with Gasteiger partial charge in [-0.1, -0.05) is 12.1 Å². The van der Waals surface area contributed by atoms with E-state index in [1.165, 1.54) is 6.92 Å². The first-order valence-electron chi connectivity index (χ1n) is 9.47. The van der Waals surface area contributed by atoms with Gasteiger partial charge in [-0.2, -0.15) is 0 Å². The zero-order valence-corrected chi connectivity index (χ0v) is 16.0. The lowest BCUT2D eigenvalue weighted by molar-refractivity contribution is -0.125. The summed E-state index contributed by atoms with van der Waals surface area (Å²) in [6, 6.07) is 12.8. The minimum Gasteiger partial charge on any atom is -0.479 e. The Hall–Kier alpha value is -3.15. The molecular formula is C22H22N2O4. The van der Waals surface area contributed by atoms with E-state index < -0.39 is 6.10 Å². The fourth-order valence-electron chi connectivity index (χ4n) is 3.81. The lowest BCUT2D eigenvalue weighted by atomic mass is 10.1. The molecule has 2 aromatic rings. The Morgan fingerprint density at radius 2 is 1.93 bits per heavy atom. The van der Waals surface area contributed by atoms with Crippen molar-refractivity contribution in [1.82, 2.24) is 0 Å². The van der Waals surface area contributed by atoms with Gasteiger partial charge in [-0.05, 0) is 56.2 Å². The topological polar surface area (TPSA) is 66.9 Å². The maximum absolute atomic E-state index is 12.9. The molecule has 144 valence electrons. The number of rotatable bonds is 4. The quantitative estimate of drug-likeness (QED) is 0.767. The summed E-state index contributed by atoms with van der Waals surface area (Å²) in [6.07, 6.45) is 0.390. The molecule has 1 atom stereocenters. The van der Waals surface area contributed by atoms with E-state index in [9.17, 15) is 14.4 Å². The molecule has 0 saturated heterocycles. The van der Waals surface area contributed by atoms with Gasteiger partial charge >= 0.3 is 0 Å². The van der Waals surface area contributed by atoms with Crippen molar-refractivity contribution in [3.8, 4) is 5.75 Å². The van der Waals surface area contributed by atoms with Crippen LogP contribution in [0, 0.1) is 0 Å². The molecule has 4 rings (SSSR count). The minimum absolute atomic E-state index is 0.0196. The Kier molecular flexibility index (Phi) is 4.63. The zero-order valence-electron chi connectivity index (χ0n) is 16.0. The summed E-state index contributed by atoms with van der Waals surface area (Å²) < 4.78 is 5.64. The third kappa shape index (κ3) is 3.15. The second-order valence-corrected chi connectivity index (χ2v) is 7.16. The molecule has 0 saturated carbocycles. The number of hydrogen-bond acceptors (Lipinski definition) is 4. The summed E-state index contributed by atoms with van der Waals surface area (Å²) in [5.74, 6) is 0.509. The van der Waals surface area contributed by atoms with Gasteiger partial charge in [0.15, 0.2) is 11.9 Å². The molecule has 1 unspecified atom stereocenters. The molecule has 0 bridgehead atoms. The van der Waals surface area contributed by atoms with Crippen molar-refractivity contribution in [2.75, 3.05) is 22.9 Å². The van der Waals surface area contributed by atoms with Gasteiger partial charge in [0.1, 0.15) is 5.75 Å². The number of amides is 2. The van der Waals surface area contributed by atoms with Crippen molar-refractivity contribution in [3.63, 3.8) is 0 Å². The zero-order chi connectivity index (χ0) is 19.8.